The lowest BCUT2D eigenvalue weighted by Gasteiger charge is -2.21. The van der Waals surface area contributed by atoms with Crippen molar-refractivity contribution in [2.24, 2.45) is 4.99 Å². The number of aryl methyl sites for hydroxylation is 2. The number of hydrogen-bond acceptors (Lipinski definition) is 6. The van der Waals surface area contributed by atoms with E-state index in [4.69, 9.17) is 32.7 Å². The normalized spacial score (nSPS) is 13.3. The maximum atomic E-state index is 12.5. The van der Waals surface area contributed by atoms with Crippen LogP contribution in [0.3, 0.4) is 0 Å². The van der Waals surface area contributed by atoms with Crippen LogP contribution in [0.4, 0.5) is 26.7 Å². The number of amides is 2. The summed E-state index contributed by atoms with van der Waals surface area (Å²) in [5.74, 6) is 0.426. The molecule has 0 aliphatic heterocycles. The van der Waals surface area contributed by atoms with Gasteiger partial charge in [-0.25, -0.2) is 14.6 Å². The van der Waals surface area contributed by atoms with E-state index in [0.717, 1.165) is 11.1 Å². The molecule has 9 nitrogen and oxygen atoms in total. The molecule has 0 saturated heterocycles. The molecule has 2 aromatic rings. The molecule has 0 radical (unpaired) electrons. The average Bonchev–Trinajstić information content (AvgIpc) is 2.80. The molecule has 0 bridgehead atoms. The van der Waals surface area contributed by atoms with Gasteiger partial charge in [-0.3, -0.25) is 15.6 Å². The Kier molecular flexibility index (Phi) is 11.8. The first-order chi connectivity index (χ1) is 18.5. The first-order valence-corrected chi connectivity index (χ1v) is 13.7. The zero-order valence-electron chi connectivity index (χ0n) is 24.3. The quantitative estimate of drug-likeness (QED) is 0.124. The maximum Gasteiger partial charge on any atom is 0.412 e. The Morgan fingerprint density at radius 3 is 2.15 bits per heavy atom. The largest absolute Gasteiger partial charge is 0.444 e. The molecule has 40 heavy (non-hydrogen) atoms. The van der Waals surface area contributed by atoms with Gasteiger partial charge in [0.15, 0.2) is 0 Å². The minimum absolute atomic E-state index is 0.422. The van der Waals surface area contributed by atoms with E-state index in [1.807, 2.05) is 12.1 Å². The molecule has 218 valence electrons. The van der Waals surface area contributed by atoms with E-state index in [1.165, 1.54) is 0 Å². The van der Waals surface area contributed by atoms with Gasteiger partial charge in [0.1, 0.15) is 22.5 Å². The van der Waals surface area contributed by atoms with Gasteiger partial charge in [-0.1, -0.05) is 29.3 Å². The van der Waals surface area contributed by atoms with Crippen LogP contribution in [0.25, 0.3) is 0 Å². The van der Waals surface area contributed by atoms with E-state index in [2.05, 4.69) is 25.9 Å². The fourth-order valence-corrected chi connectivity index (χ4v) is 3.61. The van der Waals surface area contributed by atoms with Gasteiger partial charge in [-0.05, 0) is 104 Å². The molecule has 1 aromatic heterocycles. The highest BCUT2D eigenvalue weighted by Gasteiger charge is 2.19. The number of ether oxygens (including phenoxy) is 2. The number of rotatable bonds is 8. The third-order valence-electron chi connectivity index (χ3n) is 4.91. The highest BCUT2D eigenvalue weighted by atomic mass is 35.5. The third kappa shape index (κ3) is 12.3. The van der Waals surface area contributed by atoms with Crippen molar-refractivity contribution in [2.75, 3.05) is 16.0 Å². The number of halogens is 2. The van der Waals surface area contributed by atoms with Crippen molar-refractivity contribution in [2.45, 2.75) is 84.9 Å². The first kappa shape index (κ1) is 32.9. The summed E-state index contributed by atoms with van der Waals surface area (Å²) in [4.78, 5) is 33.3. The Morgan fingerprint density at radius 1 is 0.950 bits per heavy atom. The van der Waals surface area contributed by atoms with Crippen LogP contribution >= 0.6 is 23.2 Å². The SMILES string of the molecule is C/C=C(Cl)\C(=N/C(C)Cl)Nc1ccc(NC(=O)OC(C)(C)C)c(CCc2cncc(NC(=O)OC(C)(C)C)c2)c1. The van der Waals surface area contributed by atoms with Crippen molar-refractivity contribution in [1.29, 1.82) is 0 Å². The first-order valence-electron chi connectivity index (χ1n) is 12.9. The Bertz CT molecular complexity index is 1250. The molecule has 0 spiro atoms. The number of carbonyl (C=O) groups is 2. The van der Waals surface area contributed by atoms with Crippen LogP contribution < -0.4 is 16.0 Å². The molecule has 0 saturated carbocycles. The zero-order chi connectivity index (χ0) is 30.1. The molecule has 0 aliphatic carbocycles. The lowest BCUT2D eigenvalue weighted by molar-refractivity contribution is 0.0624. The molecule has 1 unspecified atom stereocenters. The molecule has 0 fully saturated rings. The topological polar surface area (TPSA) is 114 Å². The molecular weight excluding hydrogens is 553 g/mol. The van der Waals surface area contributed by atoms with Crippen molar-refractivity contribution in [3.63, 3.8) is 0 Å². The highest BCUT2D eigenvalue weighted by Crippen LogP contribution is 2.25. The number of anilines is 3. The molecule has 0 aliphatic rings. The number of carbonyl (C=O) groups excluding carboxylic acids is 2. The minimum atomic E-state index is -0.647. The minimum Gasteiger partial charge on any atom is -0.444 e. The summed E-state index contributed by atoms with van der Waals surface area (Å²) in [6, 6.07) is 7.32. The lowest BCUT2D eigenvalue weighted by Crippen LogP contribution is -2.27. The van der Waals surface area contributed by atoms with Crippen LogP contribution in [0, 0.1) is 0 Å². The number of nitrogens with one attached hydrogen (secondary N) is 3. The van der Waals surface area contributed by atoms with Crippen LogP contribution in [-0.2, 0) is 22.3 Å². The third-order valence-corrected chi connectivity index (χ3v) is 5.41. The Morgan fingerprint density at radius 2 is 1.57 bits per heavy atom. The van der Waals surface area contributed by atoms with Crippen molar-refractivity contribution >= 4 is 58.3 Å². The van der Waals surface area contributed by atoms with E-state index in [-0.39, 0.29) is 0 Å². The summed E-state index contributed by atoms with van der Waals surface area (Å²) >= 11 is 12.4. The number of benzene rings is 1. The zero-order valence-corrected chi connectivity index (χ0v) is 25.8. The van der Waals surface area contributed by atoms with Crippen molar-refractivity contribution in [3.8, 4) is 0 Å². The van der Waals surface area contributed by atoms with E-state index in [1.54, 1.807) is 86.0 Å². The fourth-order valence-electron chi connectivity index (χ4n) is 3.41. The van der Waals surface area contributed by atoms with Gasteiger partial charge in [0, 0.05) is 17.6 Å². The number of amidine groups is 1. The summed E-state index contributed by atoms with van der Waals surface area (Å²) < 4.78 is 10.8. The van der Waals surface area contributed by atoms with Crippen molar-refractivity contribution < 1.29 is 19.1 Å². The molecule has 2 amide bonds. The molecule has 1 heterocycles. The number of allylic oxidation sites excluding steroid dienone is 1. The molecule has 11 heteroatoms. The van der Waals surface area contributed by atoms with Gasteiger partial charge < -0.3 is 14.8 Å². The van der Waals surface area contributed by atoms with E-state index in [9.17, 15) is 9.59 Å². The summed E-state index contributed by atoms with van der Waals surface area (Å²) in [6.45, 7) is 14.3. The Labute approximate surface area is 246 Å². The van der Waals surface area contributed by atoms with Gasteiger partial charge >= 0.3 is 12.2 Å². The number of aromatic nitrogens is 1. The number of aliphatic imine (C=N–C) groups is 1. The van der Waals surface area contributed by atoms with Gasteiger partial charge in [-0.2, -0.15) is 0 Å². The maximum absolute atomic E-state index is 12.5. The van der Waals surface area contributed by atoms with Gasteiger partial charge in [0.05, 0.1) is 16.9 Å². The fraction of sp³-hybridized carbons (Fsp3) is 0.448. The smallest absolute Gasteiger partial charge is 0.412 e. The van der Waals surface area contributed by atoms with Crippen LogP contribution in [0.15, 0.2) is 52.8 Å². The van der Waals surface area contributed by atoms with Crippen LogP contribution in [0.1, 0.15) is 66.5 Å². The number of pyridine rings is 1. The average molecular weight is 593 g/mol. The van der Waals surface area contributed by atoms with Crippen LogP contribution in [0.5, 0.6) is 0 Å². The predicted octanol–water partition coefficient (Wildman–Crippen LogP) is 8.10. The van der Waals surface area contributed by atoms with Gasteiger partial charge in [0.25, 0.3) is 0 Å². The van der Waals surface area contributed by atoms with E-state index in [0.29, 0.717) is 40.8 Å². The van der Waals surface area contributed by atoms with Crippen molar-refractivity contribution in [1.82, 2.24) is 4.98 Å². The van der Waals surface area contributed by atoms with E-state index >= 15 is 0 Å². The second-order valence-corrected chi connectivity index (χ2v) is 12.1. The van der Waals surface area contributed by atoms with Crippen LogP contribution in [-0.4, -0.2) is 39.7 Å². The number of nitrogens with zero attached hydrogens (tertiary/aromatic N) is 2. The molecule has 1 aromatic carbocycles. The summed E-state index contributed by atoms with van der Waals surface area (Å²) in [6.07, 6.45) is 4.98. The number of alkyl halides is 1. The Balaban J connectivity index is 2.31. The lowest BCUT2D eigenvalue weighted by atomic mass is 10.0. The predicted molar refractivity (Wildman–Crippen MR) is 164 cm³/mol. The molecule has 1 atom stereocenters. The molecule has 3 N–H and O–H groups in total. The van der Waals surface area contributed by atoms with Crippen LogP contribution in [0.2, 0.25) is 0 Å². The molecule has 2 rings (SSSR count). The second kappa shape index (κ2) is 14.4. The highest BCUT2D eigenvalue weighted by molar-refractivity contribution is 6.45. The summed E-state index contributed by atoms with van der Waals surface area (Å²) in [5.41, 5.74) is 1.78. The standard InChI is InChI=1S/C29H39Cl2N5O4/c1-9-23(31)25(33-18(2)30)34-21-12-13-24(36-27(38)40-29(6,7)8)20(15-21)11-10-19-14-22(17-32-16-19)35-26(37)39-28(3,4)5/h9,12-18H,10-11H2,1-8H3,(H,33,34)(H,35,37)(H,36,38)/b23-9+. The second-order valence-electron chi connectivity index (χ2n) is 11.0. The number of hydrogen-bond donors (Lipinski definition) is 3. The Hall–Kier alpha value is -3.30. The van der Waals surface area contributed by atoms with Gasteiger partial charge in [-0.15, -0.1) is 0 Å². The molecular formula is C29H39Cl2N5O4. The summed E-state index contributed by atoms with van der Waals surface area (Å²) in [7, 11) is 0. The summed E-state index contributed by atoms with van der Waals surface area (Å²) in [5, 5.41) is 9.19. The van der Waals surface area contributed by atoms with Crippen molar-refractivity contribution in [3.05, 3.63) is 58.9 Å². The monoisotopic (exact) mass is 591 g/mol. The van der Waals surface area contributed by atoms with E-state index < -0.39 is 28.9 Å². The van der Waals surface area contributed by atoms with Gasteiger partial charge in [0.2, 0.25) is 0 Å².